The fourth-order valence-corrected chi connectivity index (χ4v) is 2.61. The molecule has 0 unspecified atom stereocenters. The molecule has 88 valence electrons. The Morgan fingerprint density at radius 3 is 2.47 bits per heavy atom. The summed E-state index contributed by atoms with van der Waals surface area (Å²) >= 11 is 0. The van der Waals surface area contributed by atoms with Crippen molar-refractivity contribution in [1.82, 2.24) is 0 Å². The Bertz CT molecular complexity index is 221. The highest BCUT2D eigenvalue weighted by atomic mass is 16.5. The van der Waals surface area contributed by atoms with Crippen LogP contribution in [0.3, 0.4) is 0 Å². The molecule has 0 aliphatic heterocycles. The van der Waals surface area contributed by atoms with Crippen LogP contribution < -0.4 is 0 Å². The Morgan fingerprint density at radius 1 is 1.33 bits per heavy atom. The largest absolute Gasteiger partial charge is 0.462 e. The van der Waals surface area contributed by atoms with E-state index >= 15 is 0 Å². The minimum absolute atomic E-state index is 0.126. The van der Waals surface area contributed by atoms with E-state index < -0.39 is 0 Å². The lowest BCUT2D eigenvalue weighted by Gasteiger charge is -2.41. The maximum absolute atomic E-state index is 11.1. The van der Waals surface area contributed by atoms with E-state index in [0.717, 1.165) is 12.8 Å². The van der Waals surface area contributed by atoms with Gasteiger partial charge in [-0.2, -0.15) is 0 Å². The van der Waals surface area contributed by atoms with Crippen LogP contribution in [0.5, 0.6) is 0 Å². The number of carbonyl (C=O) groups is 1. The lowest BCUT2D eigenvalue weighted by atomic mass is 9.68. The highest BCUT2D eigenvalue weighted by Gasteiger charge is 2.37. The van der Waals surface area contributed by atoms with Gasteiger partial charge in [0.25, 0.3) is 0 Å². The standard InChI is InChI=1S/C13H24O2/c1-5-13(3,4)11-8-6-7-9-12(11)15-10(2)14/h11-12H,5-9H2,1-4H3/t11-,12+/m0/s1. The molecule has 0 spiro atoms. The summed E-state index contributed by atoms with van der Waals surface area (Å²) in [6.45, 7) is 8.32. The smallest absolute Gasteiger partial charge is 0.302 e. The predicted octanol–water partition coefficient (Wildman–Crippen LogP) is 3.54. The van der Waals surface area contributed by atoms with Gasteiger partial charge >= 0.3 is 5.97 Å². The third kappa shape index (κ3) is 3.22. The Hall–Kier alpha value is -0.530. The first kappa shape index (κ1) is 12.5. The minimum Gasteiger partial charge on any atom is -0.462 e. The molecule has 0 N–H and O–H groups in total. The summed E-state index contributed by atoms with van der Waals surface area (Å²) < 4.78 is 5.45. The Morgan fingerprint density at radius 2 is 1.93 bits per heavy atom. The molecule has 0 aromatic carbocycles. The predicted molar refractivity (Wildman–Crippen MR) is 61.6 cm³/mol. The van der Waals surface area contributed by atoms with Crippen molar-refractivity contribution in [2.75, 3.05) is 0 Å². The van der Waals surface area contributed by atoms with Crippen molar-refractivity contribution in [1.29, 1.82) is 0 Å². The first-order valence-corrected chi connectivity index (χ1v) is 6.14. The van der Waals surface area contributed by atoms with E-state index in [0.29, 0.717) is 11.3 Å². The molecule has 0 aromatic rings. The van der Waals surface area contributed by atoms with Gasteiger partial charge in [0.15, 0.2) is 0 Å². The monoisotopic (exact) mass is 212 g/mol. The van der Waals surface area contributed by atoms with Crippen LogP contribution in [0.1, 0.15) is 59.8 Å². The van der Waals surface area contributed by atoms with Gasteiger partial charge < -0.3 is 4.74 Å². The van der Waals surface area contributed by atoms with Crippen molar-refractivity contribution < 1.29 is 9.53 Å². The van der Waals surface area contributed by atoms with Crippen LogP contribution in [0.2, 0.25) is 0 Å². The molecule has 1 aliphatic rings. The summed E-state index contributed by atoms with van der Waals surface area (Å²) in [7, 11) is 0. The average Bonchev–Trinajstić information content (AvgIpc) is 2.17. The summed E-state index contributed by atoms with van der Waals surface area (Å²) in [6, 6.07) is 0. The summed E-state index contributed by atoms with van der Waals surface area (Å²) in [6.07, 6.45) is 6.05. The number of ether oxygens (including phenoxy) is 1. The SMILES string of the molecule is CCC(C)(C)[C@H]1CCCC[C@H]1OC(C)=O. The zero-order valence-electron chi connectivity index (χ0n) is 10.5. The van der Waals surface area contributed by atoms with E-state index in [4.69, 9.17) is 4.74 Å². The van der Waals surface area contributed by atoms with Crippen molar-refractivity contribution in [2.45, 2.75) is 65.9 Å². The van der Waals surface area contributed by atoms with Gasteiger partial charge in [0.05, 0.1) is 0 Å². The molecule has 1 saturated carbocycles. The highest BCUT2D eigenvalue weighted by Crippen LogP contribution is 2.41. The number of hydrogen-bond acceptors (Lipinski definition) is 2. The zero-order valence-corrected chi connectivity index (χ0v) is 10.5. The molecule has 1 rings (SSSR count). The van der Waals surface area contributed by atoms with Gasteiger partial charge in [0, 0.05) is 12.8 Å². The maximum atomic E-state index is 11.1. The molecule has 2 nitrogen and oxygen atoms in total. The van der Waals surface area contributed by atoms with Gasteiger partial charge in [-0.25, -0.2) is 0 Å². The molecule has 0 aromatic heterocycles. The minimum atomic E-state index is -0.126. The second-order valence-electron chi connectivity index (χ2n) is 5.38. The van der Waals surface area contributed by atoms with Crippen LogP contribution in [0.15, 0.2) is 0 Å². The summed E-state index contributed by atoms with van der Waals surface area (Å²) in [5.74, 6) is 0.416. The van der Waals surface area contributed by atoms with Crippen molar-refractivity contribution in [3.63, 3.8) is 0 Å². The molecular formula is C13H24O2. The van der Waals surface area contributed by atoms with E-state index in [1.165, 1.54) is 26.2 Å². The average molecular weight is 212 g/mol. The van der Waals surface area contributed by atoms with Crippen molar-refractivity contribution in [3.8, 4) is 0 Å². The lowest BCUT2D eigenvalue weighted by molar-refractivity contribution is -0.154. The number of esters is 1. The van der Waals surface area contributed by atoms with E-state index in [1.807, 2.05) is 0 Å². The Labute approximate surface area is 93.4 Å². The van der Waals surface area contributed by atoms with Crippen molar-refractivity contribution >= 4 is 5.97 Å². The van der Waals surface area contributed by atoms with Crippen LogP contribution in [-0.2, 0) is 9.53 Å². The molecule has 0 bridgehead atoms. The number of hydrogen-bond donors (Lipinski definition) is 0. The Balaban J connectivity index is 2.69. The second kappa shape index (κ2) is 5.00. The van der Waals surface area contributed by atoms with Gasteiger partial charge in [-0.15, -0.1) is 0 Å². The van der Waals surface area contributed by atoms with Crippen LogP contribution in [-0.4, -0.2) is 12.1 Å². The third-order valence-electron chi connectivity index (χ3n) is 3.93. The van der Waals surface area contributed by atoms with Gasteiger partial charge in [-0.1, -0.05) is 33.6 Å². The Kier molecular flexibility index (Phi) is 4.18. The third-order valence-corrected chi connectivity index (χ3v) is 3.93. The van der Waals surface area contributed by atoms with E-state index in [-0.39, 0.29) is 12.1 Å². The first-order valence-electron chi connectivity index (χ1n) is 6.14. The van der Waals surface area contributed by atoms with Crippen LogP contribution in [0, 0.1) is 11.3 Å². The molecular weight excluding hydrogens is 188 g/mol. The summed E-state index contributed by atoms with van der Waals surface area (Å²) in [4.78, 5) is 11.1. The van der Waals surface area contributed by atoms with Gasteiger partial charge in [-0.05, 0) is 24.7 Å². The molecule has 2 atom stereocenters. The molecule has 15 heavy (non-hydrogen) atoms. The molecule has 1 aliphatic carbocycles. The zero-order chi connectivity index (χ0) is 11.5. The van der Waals surface area contributed by atoms with E-state index in [2.05, 4.69) is 20.8 Å². The molecule has 0 saturated heterocycles. The molecule has 2 heteroatoms. The summed E-state index contributed by atoms with van der Waals surface area (Å²) in [5, 5.41) is 0. The first-order chi connectivity index (χ1) is 6.97. The van der Waals surface area contributed by atoms with Crippen LogP contribution in [0.4, 0.5) is 0 Å². The van der Waals surface area contributed by atoms with Crippen molar-refractivity contribution in [3.05, 3.63) is 0 Å². The van der Waals surface area contributed by atoms with Crippen LogP contribution >= 0.6 is 0 Å². The fourth-order valence-electron chi connectivity index (χ4n) is 2.61. The number of carbonyl (C=O) groups excluding carboxylic acids is 1. The second-order valence-corrected chi connectivity index (χ2v) is 5.38. The molecule has 0 amide bonds. The summed E-state index contributed by atoms with van der Waals surface area (Å²) in [5.41, 5.74) is 0.292. The normalized spacial score (nSPS) is 27.5. The molecule has 0 radical (unpaired) electrons. The molecule has 1 fully saturated rings. The van der Waals surface area contributed by atoms with E-state index in [1.54, 1.807) is 0 Å². The van der Waals surface area contributed by atoms with Crippen LogP contribution in [0.25, 0.3) is 0 Å². The van der Waals surface area contributed by atoms with E-state index in [9.17, 15) is 4.79 Å². The van der Waals surface area contributed by atoms with Crippen molar-refractivity contribution in [2.24, 2.45) is 11.3 Å². The topological polar surface area (TPSA) is 26.3 Å². The lowest BCUT2D eigenvalue weighted by Crippen LogP contribution is -2.38. The van der Waals surface area contributed by atoms with Gasteiger partial charge in [0.2, 0.25) is 0 Å². The quantitative estimate of drug-likeness (QED) is 0.669. The fraction of sp³-hybridized carbons (Fsp3) is 0.923. The highest BCUT2D eigenvalue weighted by molar-refractivity contribution is 5.66. The molecule has 0 heterocycles. The number of rotatable bonds is 3. The van der Waals surface area contributed by atoms with Gasteiger partial charge in [0.1, 0.15) is 6.10 Å². The van der Waals surface area contributed by atoms with Gasteiger partial charge in [-0.3, -0.25) is 4.79 Å². The maximum Gasteiger partial charge on any atom is 0.302 e.